The first-order chi connectivity index (χ1) is 15.9. The molecule has 190 valence electrons. The van der Waals surface area contributed by atoms with Crippen LogP contribution in [0, 0.1) is 0 Å². The smallest absolute Gasteiger partial charge is 0.373 e. The lowest BCUT2D eigenvalue weighted by atomic mass is 9.93. The minimum absolute atomic E-state index is 0.0616. The molecule has 1 aliphatic rings. The second kappa shape index (κ2) is 13.2. The van der Waals surface area contributed by atoms with Gasteiger partial charge in [0.05, 0.1) is 13.2 Å². The highest BCUT2D eigenvalue weighted by Gasteiger charge is 2.49. The molecule has 34 heavy (non-hydrogen) atoms. The van der Waals surface area contributed by atoms with Crippen molar-refractivity contribution < 1.29 is 57.2 Å². The van der Waals surface area contributed by atoms with Gasteiger partial charge in [-0.3, -0.25) is 24.0 Å². The van der Waals surface area contributed by atoms with Gasteiger partial charge in [0.25, 0.3) is 0 Å². The number of carbonyl (C=O) groups is 6. The Balaban J connectivity index is 3.60. The van der Waals surface area contributed by atoms with Crippen LogP contribution in [0.2, 0.25) is 0 Å². The maximum absolute atomic E-state index is 12.3. The topological polar surface area (TPSA) is 170 Å². The minimum Gasteiger partial charge on any atom is -0.475 e. The highest BCUT2D eigenvalue weighted by molar-refractivity contribution is 5.87. The van der Waals surface area contributed by atoms with Crippen molar-refractivity contribution in [2.45, 2.75) is 71.5 Å². The molecule has 1 heterocycles. The van der Waals surface area contributed by atoms with Crippen molar-refractivity contribution in [2.75, 3.05) is 13.7 Å². The molecule has 0 aromatic carbocycles. The molecule has 0 saturated heterocycles. The minimum atomic E-state index is -1.54. The van der Waals surface area contributed by atoms with E-state index in [1.54, 1.807) is 6.92 Å². The van der Waals surface area contributed by atoms with Crippen molar-refractivity contribution in [2.24, 2.45) is 0 Å². The van der Waals surface area contributed by atoms with E-state index in [0.717, 1.165) is 34.8 Å². The fourth-order valence-corrected chi connectivity index (χ4v) is 3.08. The predicted molar refractivity (Wildman–Crippen MR) is 110 cm³/mol. The summed E-state index contributed by atoms with van der Waals surface area (Å²) < 4.78 is 31.2. The van der Waals surface area contributed by atoms with E-state index in [-0.39, 0.29) is 12.2 Å². The Bertz CT molecular complexity index is 836. The van der Waals surface area contributed by atoms with Gasteiger partial charge in [0.1, 0.15) is 6.61 Å². The summed E-state index contributed by atoms with van der Waals surface area (Å²) in [4.78, 5) is 71.3. The van der Waals surface area contributed by atoms with E-state index in [0.29, 0.717) is 0 Å². The number of hydrogen-bond acceptors (Lipinski definition) is 12. The molecule has 5 atom stereocenters. The molecule has 1 N–H and O–H groups in total. The molecule has 1 rings (SSSR count). The Morgan fingerprint density at radius 2 is 1.59 bits per heavy atom. The Hall–Kier alpha value is -3.64. The van der Waals surface area contributed by atoms with Crippen molar-refractivity contribution in [1.82, 2.24) is 5.32 Å². The quantitative estimate of drug-likeness (QED) is 0.316. The molecule has 0 unspecified atom stereocenters. The van der Waals surface area contributed by atoms with Crippen molar-refractivity contribution in [3.8, 4) is 0 Å². The van der Waals surface area contributed by atoms with Crippen LogP contribution in [0.4, 0.5) is 0 Å². The standard InChI is InChI=1S/C21H29NO12/c1-7-17(27)22-14-8-15(21(28)29-6)34-20(18(14)32-12(4)25)19(33-13(5)26)16(31-11(3)24)9-30-10(2)23/h8,14,16,18-20H,7,9H2,1-6H3,(H,22,27)/t14-,16-,18-,19+,20-/m1/s1. The van der Waals surface area contributed by atoms with Gasteiger partial charge in [-0.15, -0.1) is 0 Å². The highest BCUT2D eigenvalue weighted by atomic mass is 16.6. The molecule has 0 radical (unpaired) electrons. The number of carbonyl (C=O) groups excluding carboxylic acids is 6. The van der Waals surface area contributed by atoms with E-state index in [9.17, 15) is 28.8 Å². The highest BCUT2D eigenvalue weighted by Crippen LogP contribution is 2.28. The first-order valence-corrected chi connectivity index (χ1v) is 10.3. The molecule has 0 aliphatic carbocycles. The van der Waals surface area contributed by atoms with Gasteiger partial charge in [0.15, 0.2) is 24.4 Å². The second-order valence-corrected chi connectivity index (χ2v) is 7.15. The zero-order valence-electron chi connectivity index (χ0n) is 19.8. The summed E-state index contributed by atoms with van der Waals surface area (Å²) in [6, 6.07) is -1.12. The van der Waals surface area contributed by atoms with Crippen LogP contribution in [0.3, 0.4) is 0 Å². The van der Waals surface area contributed by atoms with Crippen LogP contribution < -0.4 is 5.32 Å². The van der Waals surface area contributed by atoms with Crippen molar-refractivity contribution >= 4 is 35.8 Å². The molecule has 1 amide bonds. The third-order valence-corrected chi connectivity index (χ3v) is 4.37. The molecule has 0 aromatic rings. The molecule has 0 bridgehead atoms. The number of esters is 5. The van der Waals surface area contributed by atoms with Crippen LogP contribution in [0.5, 0.6) is 0 Å². The lowest BCUT2D eigenvalue weighted by molar-refractivity contribution is -0.200. The van der Waals surface area contributed by atoms with Crippen molar-refractivity contribution in [3.63, 3.8) is 0 Å². The normalized spacial score (nSPS) is 20.9. The Morgan fingerprint density at radius 3 is 2.06 bits per heavy atom. The predicted octanol–water partition coefficient (Wildman–Crippen LogP) is -0.305. The third kappa shape index (κ3) is 8.71. The van der Waals surface area contributed by atoms with Gasteiger partial charge in [-0.1, -0.05) is 6.92 Å². The Labute approximate surface area is 196 Å². The van der Waals surface area contributed by atoms with Gasteiger partial charge in [-0.25, -0.2) is 4.79 Å². The molecule has 13 heteroatoms. The molecule has 1 aliphatic heterocycles. The number of nitrogens with one attached hydrogen (secondary N) is 1. The number of ether oxygens (including phenoxy) is 6. The lowest BCUT2D eigenvalue weighted by Gasteiger charge is -2.41. The molecule has 0 saturated carbocycles. The van der Waals surface area contributed by atoms with Gasteiger partial charge in [-0.05, 0) is 6.08 Å². The van der Waals surface area contributed by atoms with Gasteiger partial charge in [-0.2, -0.15) is 0 Å². The summed E-state index contributed by atoms with van der Waals surface area (Å²) >= 11 is 0. The van der Waals surface area contributed by atoms with E-state index in [1.807, 2.05) is 0 Å². The number of methoxy groups -OCH3 is 1. The van der Waals surface area contributed by atoms with E-state index >= 15 is 0 Å². The van der Waals surface area contributed by atoms with E-state index < -0.39 is 72.8 Å². The summed E-state index contributed by atoms with van der Waals surface area (Å²) in [5, 5.41) is 2.59. The van der Waals surface area contributed by atoms with Crippen LogP contribution in [-0.2, 0) is 57.2 Å². The fraction of sp³-hybridized carbons (Fsp3) is 0.619. The number of amides is 1. The van der Waals surface area contributed by atoms with Gasteiger partial charge >= 0.3 is 29.8 Å². The van der Waals surface area contributed by atoms with Gasteiger partial charge in [0.2, 0.25) is 11.7 Å². The maximum Gasteiger partial charge on any atom is 0.373 e. The average Bonchev–Trinajstić information content (AvgIpc) is 2.74. The molecule has 0 aromatic heterocycles. The summed E-state index contributed by atoms with van der Waals surface area (Å²) in [6.07, 6.45) is -4.56. The van der Waals surface area contributed by atoms with Crippen LogP contribution in [0.25, 0.3) is 0 Å². The average molecular weight is 487 g/mol. The summed E-state index contributed by atoms with van der Waals surface area (Å²) in [7, 11) is 1.09. The largest absolute Gasteiger partial charge is 0.475 e. The third-order valence-electron chi connectivity index (χ3n) is 4.37. The van der Waals surface area contributed by atoms with Crippen LogP contribution in [-0.4, -0.2) is 79.9 Å². The Kier molecular flexibility index (Phi) is 11.0. The molecule has 0 spiro atoms. The van der Waals surface area contributed by atoms with E-state index in [2.05, 4.69) is 10.1 Å². The van der Waals surface area contributed by atoms with Gasteiger partial charge in [0, 0.05) is 34.1 Å². The number of hydrogen-bond donors (Lipinski definition) is 1. The van der Waals surface area contributed by atoms with Crippen molar-refractivity contribution in [1.29, 1.82) is 0 Å². The van der Waals surface area contributed by atoms with Crippen LogP contribution in [0.1, 0.15) is 41.0 Å². The molecular formula is C21H29NO12. The monoisotopic (exact) mass is 487 g/mol. The zero-order chi connectivity index (χ0) is 26.0. The summed E-state index contributed by atoms with van der Waals surface area (Å²) in [6.45, 7) is 5.36. The molecular weight excluding hydrogens is 458 g/mol. The van der Waals surface area contributed by atoms with Crippen LogP contribution in [0.15, 0.2) is 11.8 Å². The second-order valence-electron chi connectivity index (χ2n) is 7.15. The van der Waals surface area contributed by atoms with Gasteiger partial charge < -0.3 is 33.7 Å². The lowest BCUT2D eigenvalue weighted by Crippen LogP contribution is -2.60. The first-order valence-electron chi connectivity index (χ1n) is 10.3. The van der Waals surface area contributed by atoms with E-state index in [1.165, 1.54) is 6.08 Å². The van der Waals surface area contributed by atoms with E-state index in [4.69, 9.17) is 23.7 Å². The zero-order valence-corrected chi connectivity index (χ0v) is 19.8. The van der Waals surface area contributed by atoms with Crippen LogP contribution >= 0.6 is 0 Å². The molecule has 0 fully saturated rings. The molecule has 13 nitrogen and oxygen atoms in total. The SMILES string of the molecule is CCC(=O)N[C@@H]1C=C(C(=O)OC)O[C@@H]([C@@H](OC(C)=O)[C@@H](COC(C)=O)OC(C)=O)[C@@H]1OC(C)=O. The maximum atomic E-state index is 12.3. The fourth-order valence-electron chi connectivity index (χ4n) is 3.08. The first kappa shape index (κ1) is 28.4. The van der Waals surface area contributed by atoms with Crippen molar-refractivity contribution in [3.05, 3.63) is 11.8 Å². The summed E-state index contributed by atoms with van der Waals surface area (Å²) in [5.41, 5.74) is 0. The summed E-state index contributed by atoms with van der Waals surface area (Å²) in [5.74, 6) is -4.94. The Morgan fingerprint density at radius 1 is 0.971 bits per heavy atom. The number of rotatable bonds is 10.